The summed E-state index contributed by atoms with van der Waals surface area (Å²) >= 11 is 0. The number of carbonyl (C=O) groups excluding carboxylic acids is 1. The normalized spacial score (nSPS) is 12.9. The lowest BCUT2D eigenvalue weighted by Crippen LogP contribution is -2.12. The maximum absolute atomic E-state index is 11.5. The molecule has 0 aliphatic rings. The van der Waals surface area contributed by atoms with Crippen LogP contribution in [-0.2, 0) is 11.2 Å². The molecule has 1 atom stereocenters. The van der Waals surface area contributed by atoms with Gasteiger partial charge in [0.25, 0.3) is 0 Å². The van der Waals surface area contributed by atoms with Crippen LogP contribution in [0.4, 0.5) is 0 Å². The summed E-state index contributed by atoms with van der Waals surface area (Å²) in [5.41, 5.74) is 7.59. The third kappa shape index (κ3) is 3.44. The molecule has 1 aromatic rings. The van der Waals surface area contributed by atoms with Crippen molar-refractivity contribution in [2.45, 2.75) is 33.2 Å². The van der Waals surface area contributed by atoms with Crippen LogP contribution < -0.4 is 5.73 Å². The van der Waals surface area contributed by atoms with Crippen molar-refractivity contribution in [2.75, 3.05) is 0 Å². The van der Waals surface area contributed by atoms with Crippen LogP contribution in [0.3, 0.4) is 0 Å². The molecule has 1 aromatic heterocycles. The molecule has 0 aliphatic heterocycles. The van der Waals surface area contributed by atoms with Crippen molar-refractivity contribution in [3.63, 3.8) is 0 Å². The molecule has 1 rings (SSSR count). The summed E-state index contributed by atoms with van der Waals surface area (Å²) in [5, 5.41) is 0. The summed E-state index contributed by atoms with van der Waals surface area (Å²) in [6.07, 6.45) is 2.11. The van der Waals surface area contributed by atoms with Gasteiger partial charge in [0, 0.05) is 30.3 Å². The smallest absolute Gasteiger partial charge is 0.141 e. The maximum atomic E-state index is 11.5. The van der Waals surface area contributed by atoms with E-state index < -0.39 is 0 Å². The summed E-state index contributed by atoms with van der Waals surface area (Å²) < 4.78 is 0. The molecule has 0 aromatic carbocycles. The Morgan fingerprint density at radius 3 is 2.67 bits per heavy atom. The number of nitrogens with two attached hydrogens (primary N) is 1. The molecule has 0 bridgehead atoms. The second-order valence-electron chi connectivity index (χ2n) is 4.17. The van der Waals surface area contributed by atoms with Gasteiger partial charge in [-0.15, -0.1) is 0 Å². The van der Waals surface area contributed by atoms with Gasteiger partial charge in [0.2, 0.25) is 0 Å². The van der Waals surface area contributed by atoms with Gasteiger partial charge in [0.15, 0.2) is 0 Å². The number of rotatable bonds is 4. The zero-order valence-electron chi connectivity index (χ0n) is 9.53. The van der Waals surface area contributed by atoms with Crippen molar-refractivity contribution in [1.29, 1.82) is 0 Å². The van der Waals surface area contributed by atoms with Gasteiger partial charge >= 0.3 is 0 Å². The second kappa shape index (κ2) is 5.03. The van der Waals surface area contributed by atoms with Gasteiger partial charge in [0.05, 0.1) is 0 Å². The Balaban J connectivity index is 2.78. The van der Waals surface area contributed by atoms with Gasteiger partial charge in [-0.1, -0.05) is 13.8 Å². The fourth-order valence-corrected chi connectivity index (χ4v) is 1.26. The largest absolute Gasteiger partial charge is 0.324 e. The van der Waals surface area contributed by atoms with Crippen molar-refractivity contribution in [3.8, 4) is 0 Å². The van der Waals surface area contributed by atoms with Crippen molar-refractivity contribution >= 4 is 5.78 Å². The molecule has 0 saturated carbocycles. The number of carbonyl (C=O) groups is 1. The molecule has 0 amide bonds. The fourth-order valence-electron chi connectivity index (χ4n) is 1.26. The summed E-state index contributed by atoms with van der Waals surface area (Å²) in [4.78, 5) is 15.7. The molecule has 1 unspecified atom stereocenters. The molecular formula is C12H18N2O. The number of pyridine rings is 1. The van der Waals surface area contributed by atoms with E-state index in [-0.39, 0.29) is 17.7 Å². The Hall–Kier alpha value is -1.22. The standard InChI is InChI=1S/C12H18N2O/c1-8(2)12(15)7-11-6-10(9(3)13)4-5-14-11/h4-6,8-9H,7,13H2,1-3H3. The van der Waals surface area contributed by atoms with Crippen LogP contribution in [0, 0.1) is 5.92 Å². The predicted octanol–water partition coefficient (Wildman–Crippen LogP) is 1.87. The first-order chi connectivity index (χ1) is 7.00. The van der Waals surface area contributed by atoms with E-state index in [1.807, 2.05) is 32.9 Å². The molecule has 82 valence electrons. The van der Waals surface area contributed by atoms with Crippen LogP contribution in [0.25, 0.3) is 0 Å². The van der Waals surface area contributed by atoms with Crippen LogP contribution >= 0.6 is 0 Å². The van der Waals surface area contributed by atoms with E-state index in [1.54, 1.807) is 6.20 Å². The van der Waals surface area contributed by atoms with Gasteiger partial charge in [-0.05, 0) is 24.6 Å². The molecule has 2 N–H and O–H groups in total. The Morgan fingerprint density at radius 2 is 2.13 bits per heavy atom. The highest BCUT2D eigenvalue weighted by Gasteiger charge is 2.10. The Kier molecular flexibility index (Phi) is 3.97. The van der Waals surface area contributed by atoms with Crippen LogP contribution in [-0.4, -0.2) is 10.8 Å². The van der Waals surface area contributed by atoms with Gasteiger partial charge in [0.1, 0.15) is 5.78 Å². The maximum Gasteiger partial charge on any atom is 0.141 e. The Labute approximate surface area is 90.7 Å². The van der Waals surface area contributed by atoms with Crippen LogP contribution in [0.1, 0.15) is 38.1 Å². The monoisotopic (exact) mass is 206 g/mol. The van der Waals surface area contributed by atoms with Gasteiger partial charge < -0.3 is 5.73 Å². The summed E-state index contributed by atoms with van der Waals surface area (Å²) in [7, 11) is 0. The SMILES string of the molecule is CC(C)C(=O)Cc1cc(C(C)N)ccn1. The number of hydrogen-bond donors (Lipinski definition) is 1. The molecule has 0 aliphatic carbocycles. The summed E-state index contributed by atoms with van der Waals surface area (Å²) in [6, 6.07) is 3.78. The van der Waals surface area contributed by atoms with Crippen molar-refractivity contribution in [3.05, 3.63) is 29.6 Å². The zero-order chi connectivity index (χ0) is 11.4. The number of hydrogen-bond acceptors (Lipinski definition) is 3. The van der Waals surface area contributed by atoms with E-state index >= 15 is 0 Å². The molecule has 0 radical (unpaired) electrons. The van der Waals surface area contributed by atoms with Crippen molar-refractivity contribution in [1.82, 2.24) is 4.98 Å². The summed E-state index contributed by atoms with van der Waals surface area (Å²) in [5.74, 6) is 0.273. The Morgan fingerprint density at radius 1 is 1.47 bits per heavy atom. The predicted molar refractivity (Wildman–Crippen MR) is 60.4 cm³/mol. The second-order valence-corrected chi connectivity index (χ2v) is 4.17. The highest BCUT2D eigenvalue weighted by molar-refractivity contribution is 5.82. The van der Waals surface area contributed by atoms with Crippen molar-refractivity contribution < 1.29 is 4.79 Å². The lowest BCUT2D eigenvalue weighted by atomic mass is 10.0. The number of aromatic nitrogens is 1. The minimum Gasteiger partial charge on any atom is -0.324 e. The average Bonchev–Trinajstić information content (AvgIpc) is 2.18. The lowest BCUT2D eigenvalue weighted by molar-refractivity contribution is -0.121. The van der Waals surface area contributed by atoms with Gasteiger partial charge in [-0.25, -0.2) is 0 Å². The van der Waals surface area contributed by atoms with Gasteiger partial charge in [-0.2, -0.15) is 0 Å². The first-order valence-electron chi connectivity index (χ1n) is 5.24. The minimum atomic E-state index is -0.0131. The molecule has 3 heteroatoms. The van der Waals surface area contributed by atoms with E-state index in [0.29, 0.717) is 6.42 Å². The quantitative estimate of drug-likeness (QED) is 0.818. The first-order valence-corrected chi connectivity index (χ1v) is 5.24. The average molecular weight is 206 g/mol. The van der Waals surface area contributed by atoms with Crippen molar-refractivity contribution in [2.24, 2.45) is 11.7 Å². The van der Waals surface area contributed by atoms with E-state index in [0.717, 1.165) is 11.3 Å². The third-order valence-corrected chi connectivity index (χ3v) is 2.37. The van der Waals surface area contributed by atoms with Gasteiger partial charge in [-0.3, -0.25) is 9.78 Å². The minimum absolute atomic E-state index is 0.0131. The molecule has 0 spiro atoms. The molecule has 3 nitrogen and oxygen atoms in total. The first kappa shape index (κ1) is 11.9. The highest BCUT2D eigenvalue weighted by Crippen LogP contribution is 2.11. The van der Waals surface area contributed by atoms with Crippen LogP contribution in [0.5, 0.6) is 0 Å². The lowest BCUT2D eigenvalue weighted by Gasteiger charge is -2.08. The van der Waals surface area contributed by atoms with Crippen LogP contribution in [0.2, 0.25) is 0 Å². The third-order valence-electron chi connectivity index (χ3n) is 2.37. The molecule has 0 fully saturated rings. The zero-order valence-corrected chi connectivity index (χ0v) is 9.53. The van der Waals surface area contributed by atoms with E-state index in [4.69, 9.17) is 5.73 Å². The number of nitrogens with zero attached hydrogens (tertiary/aromatic N) is 1. The number of ketones is 1. The number of Topliss-reactive ketones (excluding diaryl/α,β-unsaturated/α-hetero) is 1. The topological polar surface area (TPSA) is 56.0 Å². The molecular weight excluding hydrogens is 188 g/mol. The summed E-state index contributed by atoms with van der Waals surface area (Å²) in [6.45, 7) is 5.72. The molecule has 1 heterocycles. The Bertz CT molecular complexity index is 345. The fraction of sp³-hybridized carbons (Fsp3) is 0.500. The van der Waals surface area contributed by atoms with E-state index in [9.17, 15) is 4.79 Å². The van der Waals surface area contributed by atoms with E-state index in [2.05, 4.69) is 4.98 Å². The molecule has 15 heavy (non-hydrogen) atoms. The van der Waals surface area contributed by atoms with Crippen LogP contribution in [0.15, 0.2) is 18.3 Å². The van der Waals surface area contributed by atoms with E-state index in [1.165, 1.54) is 0 Å². The molecule has 0 saturated heterocycles. The highest BCUT2D eigenvalue weighted by atomic mass is 16.1.